The Bertz CT molecular complexity index is 900. The third kappa shape index (κ3) is 2.91. The van der Waals surface area contributed by atoms with Crippen molar-refractivity contribution in [2.24, 2.45) is 0 Å². The van der Waals surface area contributed by atoms with Crippen LogP contribution in [0.4, 0.5) is 0 Å². The van der Waals surface area contributed by atoms with Crippen LogP contribution in [0, 0.1) is 0 Å². The molecule has 0 aliphatic rings. The number of hydrogen-bond acceptors (Lipinski definition) is 5. The van der Waals surface area contributed by atoms with E-state index in [1.807, 2.05) is 29.0 Å². The van der Waals surface area contributed by atoms with Gasteiger partial charge in [-0.05, 0) is 29.8 Å². The van der Waals surface area contributed by atoms with Gasteiger partial charge in [-0.25, -0.2) is 0 Å². The number of phenolic OH excluding ortho intramolecular Hbond substituents is 1. The largest absolute Gasteiger partial charge is 0.504 e. The fourth-order valence-corrected chi connectivity index (χ4v) is 2.99. The molecule has 3 rings (SSSR count). The van der Waals surface area contributed by atoms with Gasteiger partial charge in [-0.1, -0.05) is 6.07 Å². The maximum atomic E-state index is 9.99. The highest BCUT2D eigenvalue weighted by Crippen LogP contribution is 2.43. The predicted molar refractivity (Wildman–Crippen MR) is 95.4 cm³/mol. The Morgan fingerprint density at radius 3 is 2.16 bits per heavy atom. The van der Waals surface area contributed by atoms with Crippen molar-refractivity contribution in [3.05, 3.63) is 42.1 Å². The highest BCUT2D eigenvalue weighted by molar-refractivity contribution is 5.91. The molecular formula is C19H21NO5. The van der Waals surface area contributed by atoms with Gasteiger partial charge in [-0.3, -0.25) is 0 Å². The highest BCUT2D eigenvalue weighted by atomic mass is 16.5. The quantitative estimate of drug-likeness (QED) is 0.743. The molecule has 1 N–H and O–H groups in total. The minimum Gasteiger partial charge on any atom is -0.504 e. The van der Waals surface area contributed by atoms with Crippen molar-refractivity contribution in [2.75, 3.05) is 28.4 Å². The van der Waals surface area contributed by atoms with Crippen LogP contribution in [0.2, 0.25) is 0 Å². The van der Waals surface area contributed by atoms with E-state index in [-0.39, 0.29) is 5.75 Å². The Labute approximate surface area is 146 Å². The van der Waals surface area contributed by atoms with E-state index in [9.17, 15) is 5.11 Å². The molecule has 0 aliphatic carbocycles. The molecule has 0 unspecified atom stereocenters. The summed E-state index contributed by atoms with van der Waals surface area (Å²) >= 11 is 0. The monoisotopic (exact) mass is 343 g/mol. The predicted octanol–water partition coefficient (Wildman–Crippen LogP) is 3.43. The van der Waals surface area contributed by atoms with Crippen LogP contribution in [0.25, 0.3) is 10.9 Å². The van der Waals surface area contributed by atoms with Gasteiger partial charge in [0.25, 0.3) is 0 Å². The lowest BCUT2D eigenvalue weighted by Crippen LogP contribution is -2.02. The summed E-state index contributed by atoms with van der Waals surface area (Å²) in [5.74, 6) is 2.34. The Balaban J connectivity index is 2.09. The highest BCUT2D eigenvalue weighted by Gasteiger charge is 2.19. The van der Waals surface area contributed by atoms with Crippen LogP contribution in [0.5, 0.6) is 28.7 Å². The lowest BCUT2D eigenvalue weighted by Gasteiger charge is -2.15. The Kier molecular flexibility index (Phi) is 4.61. The van der Waals surface area contributed by atoms with Crippen molar-refractivity contribution in [3.63, 3.8) is 0 Å². The smallest absolute Gasteiger partial charge is 0.205 e. The summed E-state index contributed by atoms with van der Waals surface area (Å²) in [6, 6.07) is 9.26. The molecular weight excluding hydrogens is 322 g/mol. The Morgan fingerprint density at radius 2 is 1.56 bits per heavy atom. The summed E-state index contributed by atoms with van der Waals surface area (Å²) in [4.78, 5) is 0. The van der Waals surface area contributed by atoms with Gasteiger partial charge in [0, 0.05) is 18.1 Å². The molecule has 0 atom stereocenters. The maximum Gasteiger partial charge on any atom is 0.205 e. The maximum absolute atomic E-state index is 9.99. The van der Waals surface area contributed by atoms with Gasteiger partial charge in [0.15, 0.2) is 23.0 Å². The van der Waals surface area contributed by atoms with Gasteiger partial charge in [0.2, 0.25) is 5.75 Å². The second-order valence-electron chi connectivity index (χ2n) is 5.53. The minimum atomic E-state index is 0.114. The molecule has 132 valence electrons. The van der Waals surface area contributed by atoms with Crippen molar-refractivity contribution in [3.8, 4) is 28.7 Å². The molecule has 0 saturated carbocycles. The summed E-state index contributed by atoms with van der Waals surface area (Å²) in [7, 11) is 6.31. The average molecular weight is 343 g/mol. The standard InChI is InChI=1S/C19H21NO5/c1-22-15-6-5-12(9-14(15)21)11-20-8-7-13-10-16(23-2)18(24-3)19(25-4)17(13)20/h5-10,21H,11H2,1-4H3. The van der Waals surface area contributed by atoms with E-state index in [1.54, 1.807) is 33.5 Å². The van der Waals surface area contributed by atoms with E-state index in [2.05, 4.69) is 0 Å². The number of nitrogens with zero attached hydrogens (tertiary/aromatic N) is 1. The van der Waals surface area contributed by atoms with Gasteiger partial charge in [-0.15, -0.1) is 0 Å². The molecule has 0 amide bonds. The normalized spacial score (nSPS) is 10.7. The van der Waals surface area contributed by atoms with Gasteiger partial charge >= 0.3 is 0 Å². The summed E-state index contributed by atoms with van der Waals surface area (Å²) < 4.78 is 23.6. The average Bonchev–Trinajstić information content (AvgIpc) is 3.02. The number of ether oxygens (including phenoxy) is 4. The molecule has 0 spiro atoms. The third-order valence-electron chi connectivity index (χ3n) is 4.15. The van der Waals surface area contributed by atoms with Gasteiger partial charge in [-0.2, -0.15) is 0 Å². The third-order valence-corrected chi connectivity index (χ3v) is 4.15. The van der Waals surface area contributed by atoms with Crippen molar-refractivity contribution < 1.29 is 24.1 Å². The van der Waals surface area contributed by atoms with Crippen molar-refractivity contribution in [1.82, 2.24) is 4.57 Å². The lowest BCUT2D eigenvalue weighted by atomic mass is 10.2. The number of benzene rings is 2. The van der Waals surface area contributed by atoms with E-state index >= 15 is 0 Å². The first-order chi connectivity index (χ1) is 12.1. The number of rotatable bonds is 6. The molecule has 1 aromatic heterocycles. The fraction of sp³-hybridized carbons (Fsp3) is 0.263. The van der Waals surface area contributed by atoms with Crippen LogP contribution in [-0.4, -0.2) is 38.1 Å². The second-order valence-corrected chi connectivity index (χ2v) is 5.53. The van der Waals surface area contributed by atoms with E-state index in [0.717, 1.165) is 16.5 Å². The summed E-state index contributed by atoms with van der Waals surface area (Å²) in [5.41, 5.74) is 1.84. The number of aromatic hydroxyl groups is 1. The zero-order valence-corrected chi connectivity index (χ0v) is 14.7. The zero-order valence-electron chi connectivity index (χ0n) is 14.7. The van der Waals surface area contributed by atoms with E-state index < -0.39 is 0 Å². The molecule has 6 heteroatoms. The molecule has 0 bridgehead atoms. The van der Waals surface area contributed by atoms with E-state index in [0.29, 0.717) is 29.5 Å². The Morgan fingerprint density at radius 1 is 0.840 bits per heavy atom. The number of methoxy groups -OCH3 is 4. The molecule has 25 heavy (non-hydrogen) atoms. The van der Waals surface area contributed by atoms with Crippen LogP contribution in [0.15, 0.2) is 36.5 Å². The molecule has 0 fully saturated rings. The Hall–Kier alpha value is -3.02. The number of fused-ring (bicyclic) bond motifs is 1. The van der Waals surface area contributed by atoms with Crippen molar-refractivity contribution >= 4 is 10.9 Å². The van der Waals surface area contributed by atoms with Crippen LogP contribution in [-0.2, 0) is 6.54 Å². The molecule has 6 nitrogen and oxygen atoms in total. The first kappa shape index (κ1) is 16.8. The summed E-state index contributed by atoms with van der Waals surface area (Å²) in [5, 5.41) is 11.0. The fourth-order valence-electron chi connectivity index (χ4n) is 2.99. The first-order valence-corrected chi connectivity index (χ1v) is 7.76. The van der Waals surface area contributed by atoms with Crippen molar-refractivity contribution in [1.29, 1.82) is 0 Å². The van der Waals surface area contributed by atoms with Crippen LogP contribution in [0.3, 0.4) is 0 Å². The summed E-state index contributed by atoms with van der Waals surface area (Å²) in [6.07, 6.45) is 1.97. The molecule has 1 heterocycles. The molecule has 2 aromatic carbocycles. The SMILES string of the molecule is COc1ccc(Cn2ccc3cc(OC)c(OC)c(OC)c32)cc1O. The lowest BCUT2D eigenvalue weighted by molar-refractivity contribution is 0.326. The first-order valence-electron chi connectivity index (χ1n) is 7.76. The topological polar surface area (TPSA) is 62.1 Å². The van der Waals surface area contributed by atoms with E-state index in [4.69, 9.17) is 18.9 Å². The van der Waals surface area contributed by atoms with E-state index in [1.165, 1.54) is 7.11 Å². The minimum absolute atomic E-state index is 0.114. The van der Waals surface area contributed by atoms with Gasteiger partial charge < -0.3 is 28.6 Å². The van der Waals surface area contributed by atoms with Gasteiger partial charge in [0.1, 0.15) is 0 Å². The second kappa shape index (κ2) is 6.84. The van der Waals surface area contributed by atoms with Crippen LogP contribution in [0.1, 0.15) is 5.56 Å². The van der Waals surface area contributed by atoms with Gasteiger partial charge in [0.05, 0.1) is 34.0 Å². The molecule has 0 saturated heterocycles. The molecule has 0 radical (unpaired) electrons. The number of phenols is 1. The van der Waals surface area contributed by atoms with Crippen molar-refractivity contribution in [2.45, 2.75) is 6.54 Å². The number of hydrogen-bond donors (Lipinski definition) is 1. The van der Waals surface area contributed by atoms with Crippen LogP contribution < -0.4 is 18.9 Å². The number of aromatic nitrogens is 1. The zero-order chi connectivity index (χ0) is 18.0. The molecule has 3 aromatic rings. The summed E-state index contributed by atoms with van der Waals surface area (Å²) in [6.45, 7) is 0.562. The van der Waals surface area contributed by atoms with Crippen LogP contribution >= 0.6 is 0 Å². The molecule has 0 aliphatic heterocycles.